The van der Waals surface area contributed by atoms with Crippen LogP contribution in [0, 0.1) is 24.7 Å². The molecule has 1 aliphatic rings. The molecular weight excluding hydrogens is 553 g/mol. The number of aryl methyl sites for hydroxylation is 1. The summed E-state index contributed by atoms with van der Waals surface area (Å²) in [7, 11) is 0. The Morgan fingerprint density at radius 3 is 1.78 bits per heavy atom. The van der Waals surface area contributed by atoms with Crippen molar-refractivity contribution in [1.82, 2.24) is 0 Å². The summed E-state index contributed by atoms with van der Waals surface area (Å²) < 4.78 is 0. The van der Waals surface area contributed by atoms with E-state index in [0.717, 1.165) is 23.0 Å². The van der Waals surface area contributed by atoms with Crippen LogP contribution < -0.4 is 0 Å². The van der Waals surface area contributed by atoms with E-state index in [9.17, 15) is 0 Å². The van der Waals surface area contributed by atoms with Crippen LogP contribution in [-0.2, 0) is 6.42 Å². The smallest absolute Gasteiger partial charge is 0.00791 e. The van der Waals surface area contributed by atoms with Gasteiger partial charge in [-0.3, -0.25) is 0 Å². The predicted molar refractivity (Wildman–Crippen MR) is 212 cm³/mol. The third-order valence-electron chi connectivity index (χ3n) is 9.38. The van der Waals surface area contributed by atoms with Crippen LogP contribution in [0.25, 0.3) is 16.7 Å². The van der Waals surface area contributed by atoms with Gasteiger partial charge in [0.25, 0.3) is 0 Å². The Bertz CT molecular complexity index is 1260. The maximum atomic E-state index is 4.48. The lowest BCUT2D eigenvalue weighted by molar-refractivity contribution is 0.427. The minimum absolute atomic E-state index is 0.293. The van der Waals surface area contributed by atoms with Gasteiger partial charge in [0.2, 0.25) is 0 Å². The number of benzene rings is 2. The first-order chi connectivity index (χ1) is 22.1. The maximum absolute atomic E-state index is 4.48. The Hall–Kier alpha value is -2.86. The lowest BCUT2D eigenvalue weighted by Gasteiger charge is -2.19. The second-order valence-corrected chi connectivity index (χ2v) is 13.2. The topological polar surface area (TPSA) is 0 Å². The fraction of sp³-hybridized carbons (Fsp3) is 0.522. The van der Waals surface area contributed by atoms with Crippen LogP contribution in [0.3, 0.4) is 0 Å². The Morgan fingerprint density at radius 2 is 1.33 bits per heavy atom. The van der Waals surface area contributed by atoms with Gasteiger partial charge in [0.05, 0.1) is 0 Å². The van der Waals surface area contributed by atoms with Gasteiger partial charge in [-0.15, -0.1) is 0 Å². The normalized spacial score (nSPS) is 15.5. The van der Waals surface area contributed by atoms with Crippen LogP contribution in [0.1, 0.15) is 155 Å². The third-order valence-corrected chi connectivity index (χ3v) is 9.38. The van der Waals surface area contributed by atoms with Gasteiger partial charge in [0.15, 0.2) is 0 Å². The molecule has 0 fully saturated rings. The zero-order valence-electron chi connectivity index (χ0n) is 32.0. The molecule has 0 radical (unpaired) electrons. The van der Waals surface area contributed by atoms with E-state index in [2.05, 4.69) is 136 Å². The van der Waals surface area contributed by atoms with Gasteiger partial charge in [0, 0.05) is 5.92 Å². The second-order valence-electron chi connectivity index (χ2n) is 13.2. The first-order valence-corrected chi connectivity index (χ1v) is 18.8. The molecule has 0 saturated heterocycles. The van der Waals surface area contributed by atoms with Crippen molar-refractivity contribution >= 4 is 16.7 Å². The molecule has 0 N–H and O–H groups in total. The minimum Gasteiger partial charge on any atom is -0.0955 e. The highest BCUT2D eigenvalue weighted by Crippen LogP contribution is 2.45. The summed E-state index contributed by atoms with van der Waals surface area (Å²) in [4.78, 5) is 0. The van der Waals surface area contributed by atoms with Crippen molar-refractivity contribution in [2.45, 2.75) is 140 Å². The monoisotopic (exact) mass is 623 g/mol. The highest BCUT2D eigenvalue weighted by Gasteiger charge is 2.27. The van der Waals surface area contributed by atoms with Gasteiger partial charge < -0.3 is 0 Å². The Kier molecular flexibility index (Phi) is 20.3. The van der Waals surface area contributed by atoms with Crippen LogP contribution >= 0.6 is 0 Å². The van der Waals surface area contributed by atoms with Crippen molar-refractivity contribution in [2.24, 2.45) is 17.8 Å². The fourth-order valence-corrected chi connectivity index (χ4v) is 6.99. The van der Waals surface area contributed by atoms with E-state index in [0.29, 0.717) is 5.92 Å². The van der Waals surface area contributed by atoms with Crippen LogP contribution in [-0.4, -0.2) is 0 Å². The largest absolute Gasteiger partial charge is 0.0955 e. The van der Waals surface area contributed by atoms with Crippen molar-refractivity contribution in [3.05, 3.63) is 113 Å². The molecule has 1 unspecified atom stereocenters. The van der Waals surface area contributed by atoms with E-state index >= 15 is 0 Å². The molecule has 0 nitrogen and oxygen atoms in total. The summed E-state index contributed by atoms with van der Waals surface area (Å²) in [5.41, 5.74) is 12.8. The Morgan fingerprint density at radius 1 is 0.804 bits per heavy atom. The molecule has 0 bridgehead atoms. The van der Waals surface area contributed by atoms with Crippen molar-refractivity contribution in [3.63, 3.8) is 0 Å². The molecule has 3 rings (SSSR count). The van der Waals surface area contributed by atoms with E-state index in [1.165, 1.54) is 109 Å². The standard InChI is InChI=1S/C35H44.C9H20.C2H6/c1-9-12-28(13-10-2)23-29-15-17-30(18-16-29)33(14-11-3)35-26(7)22-34(27(35)8)32-20-19-31(24(4)5)21-25(32)6;1-4-7-9(6-3)8-5-2;1-2/h11,14-22,27-28H,4,7,9-10,12-13,23H2,1-3,5-6,8H3;9H,4-8H2,1-3H3;1-2H3/b14-11-,35-33-;;. The minimum atomic E-state index is 0.293. The van der Waals surface area contributed by atoms with Crippen LogP contribution in [0.15, 0.2) is 85.0 Å². The molecule has 0 heteroatoms. The SMILES string of the molecule is C=C1C=C(c2ccc(C(=C)C)cc2C)C(C)/C1=C(/C=C\C)c1ccc(CC(CCC)CCC)cc1.CC.CCCC(CC)CCC. The van der Waals surface area contributed by atoms with Gasteiger partial charge in [-0.25, -0.2) is 0 Å². The molecule has 1 atom stereocenters. The summed E-state index contributed by atoms with van der Waals surface area (Å²) in [5.74, 6) is 2.10. The number of rotatable bonds is 15. The van der Waals surface area contributed by atoms with Gasteiger partial charge >= 0.3 is 0 Å². The molecule has 1 aliphatic carbocycles. The van der Waals surface area contributed by atoms with E-state index < -0.39 is 0 Å². The van der Waals surface area contributed by atoms with Gasteiger partial charge in [-0.1, -0.05) is 193 Å². The maximum Gasteiger partial charge on any atom is 0.00791 e. The molecule has 0 aliphatic heterocycles. The second kappa shape index (κ2) is 22.6. The average Bonchev–Trinajstić information content (AvgIpc) is 3.34. The molecule has 46 heavy (non-hydrogen) atoms. The molecule has 2 aromatic rings. The number of hydrogen-bond acceptors (Lipinski definition) is 0. The third kappa shape index (κ3) is 12.4. The van der Waals surface area contributed by atoms with E-state index in [4.69, 9.17) is 0 Å². The van der Waals surface area contributed by atoms with Crippen molar-refractivity contribution in [2.75, 3.05) is 0 Å². The van der Waals surface area contributed by atoms with Gasteiger partial charge in [-0.2, -0.15) is 0 Å². The molecule has 0 aromatic heterocycles. The Labute approximate surface area is 286 Å². The first kappa shape index (κ1) is 41.2. The van der Waals surface area contributed by atoms with E-state index in [-0.39, 0.29) is 0 Å². The van der Waals surface area contributed by atoms with E-state index in [1.54, 1.807) is 0 Å². The summed E-state index contributed by atoms with van der Waals surface area (Å²) in [6, 6.07) is 16.0. The van der Waals surface area contributed by atoms with Crippen molar-refractivity contribution in [1.29, 1.82) is 0 Å². The molecular formula is C46H70. The number of allylic oxidation sites excluding steroid dienone is 8. The van der Waals surface area contributed by atoms with Gasteiger partial charge in [-0.05, 0) is 89.1 Å². The number of hydrogen-bond donors (Lipinski definition) is 0. The van der Waals surface area contributed by atoms with Crippen LogP contribution in [0.2, 0.25) is 0 Å². The highest BCUT2D eigenvalue weighted by atomic mass is 14.3. The lowest BCUT2D eigenvalue weighted by atomic mass is 9.85. The molecule has 0 spiro atoms. The summed E-state index contributed by atoms with van der Waals surface area (Å²) in [5, 5.41) is 0. The quantitative estimate of drug-likeness (QED) is 0.185. The highest BCUT2D eigenvalue weighted by molar-refractivity contribution is 5.90. The Balaban J connectivity index is 0.000000829. The summed E-state index contributed by atoms with van der Waals surface area (Å²) >= 11 is 0. The molecule has 254 valence electrons. The van der Waals surface area contributed by atoms with Crippen molar-refractivity contribution < 1.29 is 0 Å². The molecule has 2 aromatic carbocycles. The first-order valence-electron chi connectivity index (χ1n) is 18.8. The fourth-order valence-electron chi connectivity index (χ4n) is 6.99. The van der Waals surface area contributed by atoms with Crippen LogP contribution in [0.4, 0.5) is 0 Å². The predicted octanol–water partition coefficient (Wildman–Crippen LogP) is 15.0. The molecule has 0 saturated carbocycles. The summed E-state index contributed by atoms with van der Waals surface area (Å²) in [6.45, 7) is 32.7. The average molecular weight is 623 g/mol. The van der Waals surface area contributed by atoms with Crippen molar-refractivity contribution in [3.8, 4) is 0 Å². The summed E-state index contributed by atoms with van der Waals surface area (Å²) in [6.07, 6.45) is 20.0. The molecule has 0 amide bonds. The zero-order valence-corrected chi connectivity index (χ0v) is 32.0. The zero-order chi connectivity index (χ0) is 34.6. The molecule has 0 heterocycles. The van der Waals surface area contributed by atoms with Gasteiger partial charge in [0.1, 0.15) is 0 Å². The van der Waals surface area contributed by atoms with E-state index in [1.807, 2.05) is 13.8 Å². The van der Waals surface area contributed by atoms with Crippen LogP contribution in [0.5, 0.6) is 0 Å². The lowest BCUT2D eigenvalue weighted by Crippen LogP contribution is -2.04.